The van der Waals surface area contributed by atoms with Gasteiger partial charge in [0, 0.05) is 13.2 Å². The van der Waals surface area contributed by atoms with Crippen molar-refractivity contribution in [3.63, 3.8) is 0 Å². The number of benzene rings is 1. The van der Waals surface area contributed by atoms with Crippen LogP contribution in [0.25, 0.3) is 0 Å². The summed E-state index contributed by atoms with van der Waals surface area (Å²) in [6.07, 6.45) is 1.88. The topological polar surface area (TPSA) is 47.3 Å². The number of nitrogens with two attached hydrogens (primary N) is 1. The van der Waals surface area contributed by atoms with Crippen molar-refractivity contribution in [3.8, 4) is 0 Å². The molecule has 1 saturated heterocycles. The van der Waals surface area contributed by atoms with Gasteiger partial charge in [0.2, 0.25) is 0 Å². The number of hydrazine groups is 1. The van der Waals surface area contributed by atoms with Gasteiger partial charge in [-0.2, -0.15) is 0 Å². The maximum atomic E-state index is 13.5. The van der Waals surface area contributed by atoms with Crippen molar-refractivity contribution < 1.29 is 9.13 Å². The molecule has 0 radical (unpaired) electrons. The fourth-order valence-corrected chi connectivity index (χ4v) is 2.80. The lowest BCUT2D eigenvalue weighted by atomic mass is 9.87. The highest BCUT2D eigenvalue weighted by atomic mass is 79.9. The van der Waals surface area contributed by atoms with Gasteiger partial charge < -0.3 is 4.74 Å². The van der Waals surface area contributed by atoms with Gasteiger partial charge in [0.05, 0.1) is 10.5 Å². The van der Waals surface area contributed by atoms with E-state index in [0.717, 1.165) is 31.6 Å². The second kappa shape index (κ2) is 5.91. The molecule has 1 atom stereocenters. The molecule has 3 nitrogen and oxygen atoms in total. The minimum atomic E-state index is -0.255. The fraction of sp³-hybridized carbons (Fsp3) is 0.500. The third-order valence-electron chi connectivity index (χ3n) is 3.23. The number of hydrogen-bond donors (Lipinski definition) is 2. The van der Waals surface area contributed by atoms with E-state index in [1.54, 1.807) is 6.07 Å². The standard InChI is InChI=1S/C12H16BrFN2O/c13-11-9(2-1-3-10(11)14)12(16-15)8-4-6-17-7-5-8/h1-3,8,12,16H,4-7,15H2. The van der Waals surface area contributed by atoms with E-state index in [9.17, 15) is 4.39 Å². The van der Waals surface area contributed by atoms with Crippen LogP contribution in [0.15, 0.2) is 22.7 Å². The number of rotatable bonds is 3. The van der Waals surface area contributed by atoms with E-state index in [4.69, 9.17) is 10.6 Å². The van der Waals surface area contributed by atoms with E-state index >= 15 is 0 Å². The van der Waals surface area contributed by atoms with Crippen LogP contribution in [0.5, 0.6) is 0 Å². The van der Waals surface area contributed by atoms with Gasteiger partial charge in [0.1, 0.15) is 5.82 Å². The molecule has 1 aromatic rings. The van der Waals surface area contributed by atoms with Crippen molar-refractivity contribution in [2.45, 2.75) is 18.9 Å². The molecular weight excluding hydrogens is 287 g/mol. The lowest BCUT2D eigenvalue weighted by Crippen LogP contribution is -2.36. The summed E-state index contributed by atoms with van der Waals surface area (Å²) in [6.45, 7) is 1.49. The van der Waals surface area contributed by atoms with Gasteiger partial charge in [-0.15, -0.1) is 0 Å². The summed E-state index contributed by atoms with van der Waals surface area (Å²) in [5, 5.41) is 0. The Labute approximate surface area is 109 Å². The van der Waals surface area contributed by atoms with Crippen LogP contribution in [-0.4, -0.2) is 13.2 Å². The molecule has 17 heavy (non-hydrogen) atoms. The van der Waals surface area contributed by atoms with Crippen LogP contribution in [0.3, 0.4) is 0 Å². The van der Waals surface area contributed by atoms with Gasteiger partial charge in [-0.3, -0.25) is 11.3 Å². The summed E-state index contributed by atoms with van der Waals surface area (Å²) in [5.41, 5.74) is 3.68. The molecule has 0 aliphatic carbocycles. The zero-order valence-electron chi connectivity index (χ0n) is 9.46. The molecule has 3 N–H and O–H groups in total. The Bertz CT molecular complexity index is 383. The maximum Gasteiger partial charge on any atom is 0.137 e. The molecule has 0 bridgehead atoms. The molecule has 94 valence electrons. The Kier molecular flexibility index (Phi) is 4.50. The lowest BCUT2D eigenvalue weighted by molar-refractivity contribution is 0.0535. The number of nitrogens with one attached hydrogen (secondary N) is 1. The van der Waals surface area contributed by atoms with E-state index in [1.165, 1.54) is 6.07 Å². The van der Waals surface area contributed by atoms with Gasteiger partial charge in [-0.25, -0.2) is 4.39 Å². The fourth-order valence-electron chi connectivity index (χ4n) is 2.29. The molecule has 1 aliphatic rings. The molecule has 1 aromatic carbocycles. The SMILES string of the molecule is NNC(c1cccc(F)c1Br)C1CCOCC1. The quantitative estimate of drug-likeness (QED) is 0.666. The van der Waals surface area contributed by atoms with Gasteiger partial charge in [0.25, 0.3) is 0 Å². The summed E-state index contributed by atoms with van der Waals surface area (Å²) < 4.78 is 19.3. The first-order valence-corrected chi connectivity index (χ1v) is 6.51. The molecule has 1 fully saturated rings. The van der Waals surface area contributed by atoms with Crippen LogP contribution < -0.4 is 11.3 Å². The third-order valence-corrected chi connectivity index (χ3v) is 4.07. The van der Waals surface area contributed by atoms with Crippen LogP contribution in [-0.2, 0) is 4.74 Å². The highest BCUT2D eigenvalue weighted by Gasteiger charge is 2.26. The highest BCUT2D eigenvalue weighted by molar-refractivity contribution is 9.10. The van der Waals surface area contributed by atoms with Crippen LogP contribution >= 0.6 is 15.9 Å². The normalized spacial score (nSPS) is 19.2. The predicted molar refractivity (Wildman–Crippen MR) is 67.7 cm³/mol. The Hall–Kier alpha value is -0.490. The van der Waals surface area contributed by atoms with E-state index in [-0.39, 0.29) is 11.9 Å². The second-order valence-corrected chi connectivity index (χ2v) is 5.03. The highest BCUT2D eigenvalue weighted by Crippen LogP contribution is 2.34. The molecule has 0 saturated carbocycles. The molecular formula is C12H16BrFN2O. The molecule has 0 spiro atoms. The first kappa shape index (κ1) is 13.0. The number of halogens is 2. The summed E-state index contributed by atoms with van der Waals surface area (Å²) in [4.78, 5) is 0. The minimum absolute atomic E-state index is 0.0380. The molecule has 5 heteroatoms. The lowest BCUT2D eigenvalue weighted by Gasteiger charge is -2.30. The van der Waals surface area contributed by atoms with E-state index in [0.29, 0.717) is 10.4 Å². The van der Waals surface area contributed by atoms with Crippen molar-refractivity contribution in [1.82, 2.24) is 5.43 Å². The predicted octanol–water partition coefficient (Wildman–Crippen LogP) is 2.52. The van der Waals surface area contributed by atoms with Crippen molar-refractivity contribution >= 4 is 15.9 Å². The van der Waals surface area contributed by atoms with Crippen molar-refractivity contribution in [2.75, 3.05) is 13.2 Å². The number of ether oxygens (including phenoxy) is 1. The van der Waals surface area contributed by atoms with Gasteiger partial charge >= 0.3 is 0 Å². The van der Waals surface area contributed by atoms with Crippen LogP contribution in [0.2, 0.25) is 0 Å². The van der Waals surface area contributed by atoms with E-state index in [1.807, 2.05) is 6.07 Å². The van der Waals surface area contributed by atoms with Crippen molar-refractivity contribution in [1.29, 1.82) is 0 Å². The number of hydrogen-bond acceptors (Lipinski definition) is 3. The Morgan fingerprint density at radius 2 is 2.12 bits per heavy atom. The first-order valence-electron chi connectivity index (χ1n) is 5.72. The summed E-state index contributed by atoms with van der Waals surface area (Å²) in [5.74, 6) is 5.75. The molecule has 0 aromatic heterocycles. The molecule has 1 heterocycles. The van der Waals surface area contributed by atoms with Crippen LogP contribution in [0, 0.1) is 11.7 Å². The van der Waals surface area contributed by atoms with Crippen LogP contribution in [0.1, 0.15) is 24.4 Å². The van der Waals surface area contributed by atoms with Gasteiger partial charge in [-0.1, -0.05) is 12.1 Å². The Morgan fingerprint density at radius 1 is 1.41 bits per heavy atom. The Balaban J connectivity index is 2.24. The Morgan fingerprint density at radius 3 is 2.76 bits per heavy atom. The van der Waals surface area contributed by atoms with Gasteiger partial charge in [0.15, 0.2) is 0 Å². The first-order chi connectivity index (χ1) is 8.24. The third kappa shape index (κ3) is 2.85. The molecule has 1 unspecified atom stereocenters. The van der Waals surface area contributed by atoms with Crippen molar-refractivity contribution in [3.05, 3.63) is 34.1 Å². The smallest absolute Gasteiger partial charge is 0.137 e. The molecule has 2 rings (SSSR count). The zero-order valence-corrected chi connectivity index (χ0v) is 11.0. The van der Waals surface area contributed by atoms with E-state index < -0.39 is 0 Å². The van der Waals surface area contributed by atoms with Gasteiger partial charge in [-0.05, 0) is 46.3 Å². The summed E-state index contributed by atoms with van der Waals surface area (Å²) in [7, 11) is 0. The summed E-state index contributed by atoms with van der Waals surface area (Å²) >= 11 is 3.29. The average molecular weight is 303 g/mol. The largest absolute Gasteiger partial charge is 0.381 e. The molecule has 0 amide bonds. The van der Waals surface area contributed by atoms with E-state index in [2.05, 4.69) is 21.4 Å². The molecule has 1 aliphatic heterocycles. The summed E-state index contributed by atoms with van der Waals surface area (Å²) in [6, 6.07) is 5.00. The monoisotopic (exact) mass is 302 g/mol. The van der Waals surface area contributed by atoms with Crippen molar-refractivity contribution in [2.24, 2.45) is 11.8 Å². The zero-order chi connectivity index (χ0) is 12.3. The second-order valence-electron chi connectivity index (χ2n) is 4.24. The maximum absolute atomic E-state index is 13.5. The van der Waals surface area contributed by atoms with Crippen LogP contribution in [0.4, 0.5) is 4.39 Å². The average Bonchev–Trinajstić information content (AvgIpc) is 2.37. The minimum Gasteiger partial charge on any atom is -0.381 e.